The highest BCUT2D eigenvalue weighted by molar-refractivity contribution is 5.40. The van der Waals surface area contributed by atoms with Gasteiger partial charge in [0.25, 0.3) is 0 Å². The predicted molar refractivity (Wildman–Crippen MR) is 109 cm³/mol. The zero-order chi connectivity index (χ0) is 20.9. The fraction of sp³-hybridized carbons (Fsp3) is 0.550. The second-order valence-corrected chi connectivity index (χ2v) is 8.70. The lowest BCUT2D eigenvalue weighted by Gasteiger charge is -2.35. The smallest absolute Gasteiger partial charge is 0.146 e. The number of hydrogen-bond acceptors (Lipinski definition) is 8. The average molecular weight is 424 g/mol. The van der Waals surface area contributed by atoms with Crippen LogP contribution in [0.4, 0.5) is 10.2 Å². The Labute approximate surface area is 178 Å². The lowest BCUT2D eigenvalue weighted by atomic mass is 9.72. The minimum absolute atomic E-state index is 0.00636. The third-order valence-corrected chi connectivity index (χ3v) is 6.89. The topological polar surface area (TPSA) is 102 Å². The van der Waals surface area contributed by atoms with Crippen LogP contribution in [0.1, 0.15) is 41.9 Å². The van der Waals surface area contributed by atoms with Crippen molar-refractivity contribution < 1.29 is 4.39 Å². The van der Waals surface area contributed by atoms with Crippen LogP contribution in [0.2, 0.25) is 0 Å². The molecule has 3 aliphatic rings. The van der Waals surface area contributed by atoms with Crippen LogP contribution in [0.15, 0.2) is 31.1 Å². The van der Waals surface area contributed by atoms with E-state index in [9.17, 15) is 4.39 Å². The summed E-state index contributed by atoms with van der Waals surface area (Å²) in [7, 11) is 1.87. The van der Waals surface area contributed by atoms with Gasteiger partial charge in [-0.3, -0.25) is 10.1 Å². The van der Waals surface area contributed by atoms with E-state index in [-0.39, 0.29) is 23.9 Å². The second kappa shape index (κ2) is 7.34. The van der Waals surface area contributed by atoms with Gasteiger partial charge in [-0.1, -0.05) is 0 Å². The van der Waals surface area contributed by atoms with Gasteiger partial charge in [0.1, 0.15) is 30.5 Å². The molecule has 3 aromatic rings. The largest absolute Gasteiger partial charge is 0.347 e. The molecule has 1 aliphatic carbocycles. The van der Waals surface area contributed by atoms with Gasteiger partial charge in [0.05, 0.1) is 31.0 Å². The number of nitrogens with one attached hydrogen (secondary N) is 2. The zero-order valence-electron chi connectivity index (χ0n) is 17.3. The lowest BCUT2D eigenvalue weighted by molar-refractivity contribution is 0.153. The van der Waals surface area contributed by atoms with Gasteiger partial charge in [0, 0.05) is 37.8 Å². The summed E-state index contributed by atoms with van der Waals surface area (Å²) in [5.74, 6) is 1.92. The molecule has 0 radical (unpaired) electrons. The summed E-state index contributed by atoms with van der Waals surface area (Å²) in [6.45, 7) is 2.28. The summed E-state index contributed by atoms with van der Waals surface area (Å²) >= 11 is 0. The van der Waals surface area contributed by atoms with Crippen LogP contribution in [0.3, 0.4) is 0 Å². The Morgan fingerprint density at radius 1 is 1.06 bits per heavy atom. The van der Waals surface area contributed by atoms with E-state index in [2.05, 4.69) is 40.9 Å². The number of anilines is 1. The molecular weight excluding hydrogens is 399 g/mol. The molecule has 2 aliphatic heterocycles. The van der Waals surface area contributed by atoms with Crippen molar-refractivity contribution in [2.75, 3.05) is 11.4 Å². The van der Waals surface area contributed by atoms with Crippen molar-refractivity contribution >= 4 is 5.82 Å². The number of nitrogens with zero attached hydrogens (tertiary/aromatic N) is 8. The minimum atomic E-state index is -0.884. The number of aromatic nitrogens is 7. The Morgan fingerprint density at radius 2 is 2.00 bits per heavy atom. The Bertz CT molecular complexity index is 1080. The molecule has 0 amide bonds. The van der Waals surface area contributed by atoms with Crippen molar-refractivity contribution in [3.8, 4) is 0 Å². The Kier molecular flexibility index (Phi) is 4.46. The van der Waals surface area contributed by atoms with E-state index in [4.69, 9.17) is 0 Å². The molecule has 31 heavy (non-hydrogen) atoms. The van der Waals surface area contributed by atoms with E-state index in [1.807, 2.05) is 24.0 Å². The first kappa shape index (κ1) is 18.8. The molecule has 2 N–H and O–H groups in total. The molecular formula is C20H25FN10. The van der Waals surface area contributed by atoms with Gasteiger partial charge in [-0.05, 0) is 24.3 Å². The molecule has 0 spiro atoms. The van der Waals surface area contributed by atoms with Crippen LogP contribution in [-0.2, 0) is 20.1 Å². The predicted octanol–water partition coefficient (Wildman–Crippen LogP) is 0.871. The van der Waals surface area contributed by atoms with Crippen molar-refractivity contribution in [2.24, 2.45) is 13.0 Å². The van der Waals surface area contributed by atoms with Gasteiger partial charge in [-0.25, -0.2) is 29.4 Å². The molecule has 1 saturated heterocycles. The zero-order valence-corrected chi connectivity index (χ0v) is 17.3. The van der Waals surface area contributed by atoms with E-state index in [1.54, 1.807) is 23.5 Å². The molecule has 1 saturated carbocycles. The number of rotatable bonds is 3. The van der Waals surface area contributed by atoms with E-state index >= 15 is 0 Å². The standard InChI is InChI=1S/C20H25FN10/c1-29-8-12(7-25-29)13-4-14-16(5-15(13)21)27-28-20(14)17-6-18(23-10-22-17)30-2-3-31-19(9-30)24-11-26-31/h6-8,10-11,13-16,20,27-28H,2-5,9H2,1H3. The van der Waals surface area contributed by atoms with Gasteiger partial charge >= 0.3 is 0 Å². The SMILES string of the molecule is Cn1cc(C2CC3C(CC2F)NNC3c2cc(N3CCn4ncnc4C3)ncn2)cn1. The molecule has 6 rings (SSSR count). The highest BCUT2D eigenvalue weighted by Crippen LogP contribution is 2.45. The van der Waals surface area contributed by atoms with Crippen molar-refractivity contribution in [3.05, 3.63) is 48.2 Å². The van der Waals surface area contributed by atoms with Crippen LogP contribution in [0.25, 0.3) is 0 Å². The van der Waals surface area contributed by atoms with Crippen LogP contribution in [0.5, 0.6) is 0 Å². The summed E-state index contributed by atoms with van der Waals surface area (Å²) in [5, 5.41) is 8.49. The van der Waals surface area contributed by atoms with E-state index < -0.39 is 6.17 Å². The highest BCUT2D eigenvalue weighted by atomic mass is 19.1. The average Bonchev–Trinajstić information content (AvgIpc) is 3.52. The third-order valence-electron chi connectivity index (χ3n) is 6.89. The van der Waals surface area contributed by atoms with Crippen molar-refractivity contribution in [1.82, 2.24) is 45.4 Å². The Morgan fingerprint density at radius 3 is 2.87 bits per heavy atom. The Hall–Kier alpha value is -2.92. The summed E-state index contributed by atoms with van der Waals surface area (Å²) in [6, 6.07) is 2.14. The summed E-state index contributed by atoms with van der Waals surface area (Å²) in [5.41, 5.74) is 8.60. The van der Waals surface area contributed by atoms with Crippen LogP contribution in [-0.4, -0.2) is 53.3 Å². The van der Waals surface area contributed by atoms with E-state index in [0.717, 1.165) is 42.4 Å². The van der Waals surface area contributed by atoms with Crippen molar-refractivity contribution in [3.63, 3.8) is 0 Å². The lowest BCUT2D eigenvalue weighted by Crippen LogP contribution is -2.39. The molecule has 5 heterocycles. The fourth-order valence-corrected chi connectivity index (χ4v) is 5.26. The number of aryl methyl sites for hydroxylation is 1. The summed E-state index contributed by atoms with van der Waals surface area (Å²) in [4.78, 5) is 15.6. The molecule has 2 fully saturated rings. The first-order valence-electron chi connectivity index (χ1n) is 10.7. The van der Waals surface area contributed by atoms with Crippen LogP contribution >= 0.6 is 0 Å². The quantitative estimate of drug-likeness (QED) is 0.639. The molecule has 11 heteroatoms. The van der Waals surface area contributed by atoms with E-state index in [1.165, 1.54) is 0 Å². The van der Waals surface area contributed by atoms with Gasteiger partial charge < -0.3 is 4.90 Å². The van der Waals surface area contributed by atoms with Crippen molar-refractivity contribution in [2.45, 2.75) is 50.1 Å². The van der Waals surface area contributed by atoms with Crippen LogP contribution < -0.4 is 15.8 Å². The number of hydrogen-bond donors (Lipinski definition) is 2. The molecule has 5 unspecified atom stereocenters. The summed E-state index contributed by atoms with van der Waals surface area (Å²) in [6.07, 6.45) is 7.28. The number of fused-ring (bicyclic) bond motifs is 2. The van der Waals surface area contributed by atoms with Crippen LogP contribution in [0, 0.1) is 5.92 Å². The monoisotopic (exact) mass is 424 g/mol. The maximum atomic E-state index is 15.0. The van der Waals surface area contributed by atoms with E-state index in [0.29, 0.717) is 13.0 Å². The first-order valence-corrected chi connectivity index (χ1v) is 10.7. The molecule has 162 valence electrons. The molecule has 5 atom stereocenters. The normalized spacial score (nSPS) is 30.3. The van der Waals surface area contributed by atoms with Gasteiger partial charge in [-0.15, -0.1) is 0 Å². The first-order chi connectivity index (χ1) is 15.2. The summed E-state index contributed by atoms with van der Waals surface area (Å²) < 4.78 is 18.6. The maximum absolute atomic E-state index is 15.0. The van der Waals surface area contributed by atoms with Gasteiger partial charge in [0.15, 0.2) is 0 Å². The minimum Gasteiger partial charge on any atom is -0.347 e. The number of alkyl halides is 1. The molecule has 0 aromatic carbocycles. The third kappa shape index (κ3) is 3.28. The maximum Gasteiger partial charge on any atom is 0.146 e. The highest BCUT2D eigenvalue weighted by Gasteiger charge is 2.46. The number of halogens is 1. The second-order valence-electron chi connectivity index (χ2n) is 8.70. The van der Waals surface area contributed by atoms with Gasteiger partial charge in [-0.2, -0.15) is 10.2 Å². The molecule has 0 bridgehead atoms. The van der Waals surface area contributed by atoms with Gasteiger partial charge in [0.2, 0.25) is 0 Å². The van der Waals surface area contributed by atoms with Crippen molar-refractivity contribution in [1.29, 1.82) is 0 Å². The molecule has 10 nitrogen and oxygen atoms in total. The molecule has 3 aromatic heterocycles. The Balaban J connectivity index is 1.24. The number of hydrazine groups is 1. The fourth-order valence-electron chi connectivity index (χ4n) is 5.26.